The van der Waals surface area contributed by atoms with Gasteiger partial charge in [0.05, 0.1) is 12.0 Å². The van der Waals surface area contributed by atoms with E-state index in [2.05, 4.69) is 34.3 Å². The third-order valence-electron chi connectivity index (χ3n) is 4.37. The molecule has 112 valence electrons. The maximum Gasteiger partial charge on any atom is 0.225 e. The van der Waals surface area contributed by atoms with E-state index in [1.807, 2.05) is 12.1 Å². The van der Waals surface area contributed by atoms with Gasteiger partial charge < -0.3 is 15.0 Å². The zero-order valence-electron chi connectivity index (χ0n) is 12.2. The van der Waals surface area contributed by atoms with Crippen LogP contribution in [0.5, 0.6) is 0 Å². The standard InChI is InChI=1S/C17H22N2O2/c20-16-8-3-6-14(16)17(21)18-10-4-11-19-12-9-13-5-1-2-7-15(13)19/h1-2,5,7,9,12,14,16,20H,3-4,6,8,10-11H2,(H,18,21). The number of aliphatic hydroxyl groups excluding tert-OH is 1. The van der Waals surface area contributed by atoms with Crippen molar-refractivity contribution in [3.8, 4) is 0 Å². The molecule has 2 aromatic rings. The average molecular weight is 286 g/mol. The van der Waals surface area contributed by atoms with Crippen molar-refractivity contribution in [2.75, 3.05) is 6.54 Å². The maximum absolute atomic E-state index is 12.0. The third-order valence-corrected chi connectivity index (χ3v) is 4.37. The third kappa shape index (κ3) is 3.10. The summed E-state index contributed by atoms with van der Waals surface area (Å²) in [5, 5.41) is 13.9. The number of hydrogen-bond acceptors (Lipinski definition) is 2. The van der Waals surface area contributed by atoms with E-state index in [-0.39, 0.29) is 11.8 Å². The Morgan fingerprint density at radius 2 is 2.14 bits per heavy atom. The summed E-state index contributed by atoms with van der Waals surface area (Å²) in [6.07, 6.45) is 5.07. The molecule has 0 radical (unpaired) electrons. The fourth-order valence-electron chi connectivity index (χ4n) is 3.17. The number of aromatic nitrogens is 1. The highest BCUT2D eigenvalue weighted by Crippen LogP contribution is 2.25. The summed E-state index contributed by atoms with van der Waals surface area (Å²) in [7, 11) is 0. The summed E-state index contributed by atoms with van der Waals surface area (Å²) >= 11 is 0. The van der Waals surface area contributed by atoms with E-state index < -0.39 is 6.10 Å². The Kier molecular flexibility index (Phi) is 4.25. The van der Waals surface area contributed by atoms with E-state index >= 15 is 0 Å². The Morgan fingerprint density at radius 3 is 2.95 bits per heavy atom. The van der Waals surface area contributed by atoms with Crippen LogP contribution in [0.1, 0.15) is 25.7 Å². The lowest BCUT2D eigenvalue weighted by Gasteiger charge is -2.14. The zero-order valence-corrected chi connectivity index (χ0v) is 12.2. The van der Waals surface area contributed by atoms with Crippen molar-refractivity contribution >= 4 is 16.8 Å². The number of benzene rings is 1. The van der Waals surface area contributed by atoms with Crippen LogP contribution < -0.4 is 5.32 Å². The molecule has 2 N–H and O–H groups in total. The topological polar surface area (TPSA) is 54.3 Å². The molecular formula is C17H22N2O2. The number of nitrogens with one attached hydrogen (secondary N) is 1. The van der Waals surface area contributed by atoms with E-state index in [0.29, 0.717) is 6.54 Å². The number of carbonyl (C=O) groups is 1. The summed E-state index contributed by atoms with van der Waals surface area (Å²) in [6.45, 7) is 1.55. The van der Waals surface area contributed by atoms with Crippen molar-refractivity contribution in [1.29, 1.82) is 0 Å². The second kappa shape index (κ2) is 6.31. The summed E-state index contributed by atoms with van der Waals surface area (Å²) in [5.41, 5.74) is 1.23. The first-order valence-corrected chi connectivity index (χ1v) is 7.75. The maximum atomic E-state index is 12.0. The lowest BCUT2D eigenvalue weighted by Crippen LogP contribution is -2.35. The number of para-hydroxylation sites is 1. The number of carbonyl (C=O) groups excluding carboxylic acids is 1. The van der Waals surface area contributed by atoms with Gasteiger partial charge in [0.2, 0.25) is 5.91 Å². The molecule has 1 aromatic heterocycles. The number of aryl methyl sites for hydroxylation is 1. The van der Waals surface area contributed by atoms with Crippen LogP contribution in [-0.2, 0) is 11.3 Å². The lowest BCUT2D eigenvalue weighted by atomic mass is 10.1. The fourth-order valence-corrected chi connectivity index (χ4v) is 3.17. The van der Waals surface area contributed by atoms with E-state index in [1.54, 1.807) is 0 Å². The Labute approximate surface area is 124 Å². The molecule has 1 saturated carbocycles. The van der Waals surface area contributed by atoms with Gasteiger partial charge in [0, 0.05) is 24.8 Å². The Hall–Kier alpha value is -1.81. The van der Waals surface area contributed by atoms with Gasteiger partial charge in [0.25, 0.3) is 0 Å². The smallest absolute Gasteiger partial charge is 0.225 e. The van der Waals surface area contributed by atoms with Gasteiger partial charge in [0.15, 0.2) is 0 Å². The van der Waals surface area contributed by atoms with Crippen LogP contribution in [0, 0.1) is 5.92 Å². The van der Waals surface area contributed by atoms with Gasteiger partial charge in [-0.1, -0.05) is 18.2 Å². The molecule has 1 amide bonds. The summed E-state index contributed by atoms with van der Waals surface area (Å²) in [5.74, 6) is -0.185. The molecule has 0 saturated heterocycles. The van der Waals surface area contributed by atoms with Gasteiger partial charge in [-0.15, -0.1) is 0 Å². The fraction of sp³-hybridized carbons (Fsp3) is 0.471. The Bertz CT molecular complexity index is 620. The minimum atomic E-state index is -0.446. The predicted molar refractivity (Wildman–Crippen MR) is 82.9 cm³/mol. The van der Waals surface area contributed by atoms with Crippen LogP contribution in [0.25, 0.3) is 10.9 Å². The van der Waals surface area contributed by atoms with E-state index in [4.69, 9.17) is 0 Å². The molecule has 21 heavy (non-hydrogen) atoms. The monoisotopic (exact) mass is 286 g/mol. The minimum Gasteiger partial charge on any atom is -0.392 e. The van der Waals surface area contributed by atoms with Crippen LogP contribution in [-0.4, -0.2) is 28.2 Å². The Morgan fingerprint density at radius 1 is 1.29 bits per heavy atom. The van der Waals surface area contributed by atoms with Gasteiger partial charge in [-0.2, -0.15) is 0 Å². The molecule has 2 atom stereocenters. The Balaban J connectivity index is 1.47. The van der Waals surface area contributed by atoms with Crippen molar-refractivity contribution in [3.05, 3.63) is 36.5 Å². The molecule has 1 fully saturated rings. The molecule has 2 unspecified atom stereocenters. The number of aliphatic hydroxyl groups is 1. The van der Waals surface area contributed by atoms with Crippen LogP contribution in [0.2, 0.25) is 0 Å². The largest absolute Gasteiger partial charge is 0.392 e. The molecule has 3 rings (SSSR count). The van der Waals surface area contributed by atoms with Crippen molar-refractivity contribution in [1.82, 2.24) is 9.88 Å². The van der Waals surface area contributed by atoms with Crippen LogP contribution in [0.3, 0.4) is 0 Å². The first-order valence-electron chi connectivity index (χ1n) is 7.75. The lowest BCUT2D eigenvalue weighted by molar-refractivity contribution is -0.127. The number of rotatable bonds is 5. The van der Waals surface area contributed by atoms with Gasteiger partial charge in [-0.3, -0.25) is 4.79 Å². The highest BCUT2D eigenvalue weighted by atomic mass is 16.3. The van der Waals surface area contributed by atoms with Gasteiger partial charge >= 0.3 is 0 Å². The molecule has 1 aliphatic carbocycles. The van der Waals surface area contributed by atoms with Crippen LogP contribution >= 0.6 is 0 Å². The second-order valence-electron chi connectivity index (χ2n) is 5.82. The van der Waals surface area contributed by atoms with Crippen molar-refractivity contribution < 1.29 is 9.90 Å². The summed E-state index contributed by atoms with van der Waals surface area (Å²) in [4.78, 5) is 12.0. The number of amides is 1. The minimum absolute atomic E-state index is 0.0114. The molecule has 0 bridgehead atoms. The molecule has 4 nitrogen and oxygen atoms in total. The highest BCUT2D eigenvalue weighted by molar-refractivity contribution is 5.80. The quantitative estimate of drug-likeness (QED) is 0.829. The average Bonchev–Trinajstić information content (AvgIpc) is 3.10. The molecule has 0 aliphatic heterocycles. The van der Waals surface area contributed by atoms with Gasteiger partial charge in [-0.25, -0.2) is 0 Å². The van der Waals surface area contributed by atoms with E-state index in [9.17, 15) is 9.90 Å². The molecule has 4 heteroatoms. The predicted octanol–water partition coefficient (Wildman–Crippen LogP) is 2.31. The summed E-state index contributed by atoms with van der Waals surface area (Å²) in [6, 6.07) is 10.4. The molecule has 0 spiro atoms. The highest BCUT2D eigenvalue weighted by Gasteiger charge is 2.30. The number of nitrogens with zero attached hydrogens (tertiary/aromatic N) is 1. The number of fused-ring (bicyclic) bond motifs is 1. The molecule has 1 aromatic carbocycles. The van der Waals surface area contributed by atoms with E-state index in [1.165, 1.54) is 10.9 Å². The van der Waals surface area contributed by atoms with Gasteiger partial charge in [-0.05, 0) is 43.2 Å². The summed E-state index contributed by atoms with van der Waals surface area (Å²) < 4.78 is 2.21. The first-order chi connectivity index (χ1) is 10.3. The SMILES string of the molecule is O=C(NCCCn1ccc2ccccc21)C1CCCC1O. The molecule has 1 heterocycles. The van der Waals surface area contributed by atoms with Crippen molar-refractivity contribution in [3.63, 3.8) is 0 Å². The van der Waals surface area contributed by atoms with Crippen molar-refractivity contribution in [2.24, 2.45) is 5.92 Å². The molecule has 1 aliphatic rings. The van der Waals surface area contributed by atoms with Crippen molar-refractivity contribution in [2.45, 2.75) is 38.3 Å². The molecular weight excluding hydrogens is 264 g/mol. The zero-order chi connectivity index (χ0) is 14.7. The van der Waals surface area contributed by atoms with Gasteiger partial charge in [0.1, 0.15) is 0 Å². The normalized spacial score (nSPS) is 21.8. The second-order valence-corrected chi connectivity index (χ2v) is 5.82. The van der Waals surface area contributed by atoms with Crippen LogP contribution in [0.4, 0.5) is 0 Å². The van der Waals surface area contributed by atoms with E-state index in [0.717, 1.165) is 32.2 Å². The first kappa shape index (κ1) is 14.1. The number of hydrogen-bond donors (Lipinski definition) is 2. The van der Waals surface area contributed by atoms with Crippen LogP contribution in [0.15, 0.2) is 36.5 Å².